The number of benzene rings is 1. The first-order chi connectivity index (χ1) is 14.5. The van der Waals surface area contributed by atoms with Crippen LogP contribution >= 0.6 is 0 Å². The van der Waals surface area contributed by atoms with Gasteiger partial charge in [-0.1, -0.05) is 6.92 Å². The first-order valence-corrected chi connectivity index (χ1v) is 10.1. The van der Waals surface area contributed by atoms with Gasteiger partial charge < -0.3 is 20.3 Å². The number of amides is 2. The van der Waals surface area contributed by atoms with Crippen LogP contribution < -0.4 is 10.6 Å². The number of hydrogen-bond donors (Lipinski definition) is 3. The molecule has 1 aliphatic rings. The van der Waals surface area contributed by atoms with Crippen LogP contribution in [0.15, 0.2) is 42.6 Å². The minimum atomic E-state index is -0.262. The average Bonchev–Trinajstić information content (AvgIpc) is 3.32. The van der Waals surface area contributed by atoms with E-state index in [1.807, 2.05) is 13.0 Å². The molecule has 0 spiro atoms. The Morgan fingerprint density at radius 1 is 1.23 bits per heavy atom. The number of rotatable bonds is 6. The lowest BCUT2D eigenvalue weighted by atomic mass is 10.1. The van der Waals surface area contributed by atoms with Gasteiger partial charge in [0.05, 0.1) is 11.4 Å². The number of aromatic hydroxyl groups is 1. The summed E-state index contributed by atoms with van der Waals surface area (Å²) in [6.45, 7) is 2.58. The number of carbonyl (C=O) groups is 2. The number of nitrogens with one attached hydrogen (secondary N) is 2. The fraction of sp³-hybridized carbons (Fsp3) is 0.318. The molecule has 4 rings (SSSR count). The van der Waals surface area contributed by atoms with Crippen LogP contribution in [0.1, 0.15) is 48.3 Å². The molecule has 1 aliphatic carbocycles. The summed E-state index contributed by atoms with van der Waals surface area (Å²) in [5.41, 5.74) is 2.89. The molecule has 2 heterocycles. The van der Waals surface area contributed by atoms with Gasteiger partial charge in [-0.25, -0.2) is 4.79 Å². The summed E-state index contributed by atoms with van der Waals surface area (Å²) in [6, 6.07) is 10.0. The van der Waals surface area contributed by atoms with E-state index in [-0.39, 0.29) is 17.7 Å². The third-order valence-electron chi connectivity index (χ3n) is 5.16. The highest BCUT2D eigenvalue weighted by atomic mass is 16.3. The van der Waals surface area contributed by atoms with Crippen molar-refractivity contribution in [1.29, 1.82) is 0 Å². The SMILES string of the molecule is CCCNC(=O)n1nc(-c2ccc(NC(=O)c3cccn3C)cc2O)cc1C1CC1. The Bertz CT molecular complexity index is 1090. The van der Waals surface area contributed by atoms with E-state index in [0.717, 1.165) is 25.0 Å². The molecule has 0 unspecified atom stereocenters. The zero-order valence-electron chi connectivity index (χ0n) is 17.1. The Labute approximate surface area is 174 Å². The number of phenolic OH excluding ortho intramolecular Hbond substituents is 1. The largest absolute Gasteiger partial charge is 0.507 e. The predicted octanol–water partition coefficient (Wildman–Crippen LogP) is 3.69. The van der Waals surface area contributed by atoms with Crippen LogP contribution in [0, 0.1) is 0 Å². The third kappa shape index (κ3) is 3.94. The first kappa shape index (κ1) is 19.8. The zero-order valence-corrected chi connectivity index (χ0v) is 17.1. The van der Waals surface area contributed by atoms with Crippen molar-refractivity contribution in [2.45, 2.75) is 32.1 Å². The van der Waals surface area contributed by atoms with Gasteiger partial charge in [0, 0.05) is 43.0 Å². The maximum absolute atomic E-state index is 12.5. The van der Waals surface area contributed by atoms with Crippen molar-refractivity contribution in [3.8, 4) is 17.0 Å². The molecule has 2 aromatic heterocycles. The van der Waals surface area contributed by atoms with Gasteiger partial charge >= 0.3 is 6.03 Å². The molecule has 1 fully saturated rings. The molecule has 8 nitrogen and oxygen atoms in total. The van der Waals surface area contributed by atoms with E-state index in [2.05, 4.69) is 15.7 Å². The lowest BCUT2D eigenvalue weighted by molar-refractivity contribution is 0.101. The van der Waals surface area contributed by atoms with Crippen LogP contribution in [-0.2, 0) is 7.05 Å². The normalized spacial score (nSPS) is 13.3. The Morgan fingerprint density at radius 3 is 2.67 bits per heavy atom. The van der Waals surface area contributed by atoms with Crippen LogP contribution in [0.3, 0.4) is 0 Å². The van der Waals surface area contributed by atoms with Gasteiger partial charge in [-0.15, -0.1) is 0 Å². The average molecular weight is 407 g/mol. The maximum atomic E-state index is 12.5. The number of hydrogen-bond acceptors (Lipinski definition) is 4. The Kier molecular flexibility index (Phi) is 5.31. The number of aryl methyl sites for hydroxylation is 1. The van der Waals surface area contributed by atoms with Crippen LogP contribution in [0.25, 0.3) is 11.3 Å². The summed E-state index contributed by atoms with van der Waals surface area (Å²) in [5.74, 6) is 0.0489. The van der Waals surface area contributed by atoms with E-state index in [0.29, 0.717) is 35.1 Å². The molecule has 2 amide bonds. The van der Waals surface area contributed by atoms with Crippen LogP contribution in [0.2, 0.25) is 0 Å². The smallest absolute Gasteiger partial charge is 0.342 e. The number of phenols is 1. The molecule has 3 aromatic rings. The molecule has 3 N–H and O–H groups in total. The highest BCUT2D eigenvalue weighted by molar-refractivity contribution is 6.03. The van der Waals surface area contributed by atoms with Crippen molar-refractivity contribution in [2.75, 3.05) is 11.9 Å². The van der Waals surface area contributed by atoms with E-state index in [1.54, 1.807) is 42.1 Å². The summed E-state index contributed by atoms with van der Waals surface area (Å²) in [7, 11) is 1.79. The molecule has 0 saturated heterocycles. The highest BCUT2D eigenvalue weighted by Crippen LogP contribution is 2.42. The molecule has 8 heteroatoms. The van der Waals surface area contributed by atoms with Crippen LogP contribution in [0.5, 0.6) is 5.75 Å². The second-order valence-corrected chi connectivity index (χ2v) is 7.56. The zero-order chi connectivity index (χ0) is 21.3. The van der Waals surface area contributed by atoms with E-state index in [4.69, 9.17) is 0 Å². The second kappa shape index (κ2) is 8.06. The molecule has 0 atom stereocenters. The number of carbonyl (C=O) groups excluding carboxylic acids is 2. The molecule has 1 saturated carbocycles. The number of nitrogens with zero attached hydrogens (tertiary/aromatic N) is 3. The van der Waals surface area contributed by atoms with E-state index in [1.165, 1.54) is 10.7 Å². The van der Waals surface area contributed by atoms with Gasteiger partial charge in [0.25, 0.3) is 5.91 Å². The van der Waals surface area contributed by atoms with E-state index >= 15 is 0 Å². The molecular formula is C22H25N5O3. The fourth-order valence-corrected chi connectivity index (χ4v) is 3.38. The number of anilines is 1. The summed E-state index contributed by atoms with van der Waals surface area (Å²) in [4.78, 5) is 24.9. The summed E-state index contributed by atoms with van der Waals surface area (Å²) >= 11 is 0. The van der Waals surface area contributed by atoms with Crippen molar-refractivity contribution in [1.82, 2.24) is 19.7 Å². The first-order valence-electron chi connectivity index (χ1n) is 10.1. The van der Waals surface area contributed by atoms with Gasteiger partial charge in [0.2, 0.25) is 0 Å². The van der Waals surface area contributed by atoms with Gasteiger partial charge in [-0.05, 0) is 49.6 Å². The molecule has 0 radical (unpaired) electrons. The van der Waals surface area contributed by atoms with Gasteiger partial charge in [0.15, 0.2) is 0 Å². The molecule has 30 heavy (non-hydrogen) atoms. The highest BCUT2D eigenvalue weighted by Gasteiger charge is 2.30. The lowest BCUT2D eigenvalue weighted by Crippen LogP contribution is -2.31. The topological polar surface area (TPSA) is 101 Å². The molecule has 1 aromatic carbocycles. The van der Waals surface area contributed by atoms with Crippen molar-refractivity contribution >= 4 is 17.6 Å². The Hall–Kier alpha value is -3.55. The van der Waals surface area contributed by atoms with Gasteiger partial charge in [-0.3, -0.25) is 4.79 Å². The predicted molar refractivity (Wildman–Crippen MR) is 114 cm³/mol. The summed E-state index contributed by atoms with van der Waals surface area (Å²) in [5, 5.41) is 20.7. The van der Waals surface area contributed by atoms with E-state index < -0.39 is 0 Å². The van der Waals surface area contributed by atoms with Gasteiger partial charge in [-0.2, -0.15) is 9.78 Å². The van der Waals surface area contributed by atoms with Crippen molar-refractivity contribution in [3.63, 3.8) is 0 Å². The minimum absolute atomic E-state index is 0.0133. The summed E-state index contributed by atoms with van der Waals surface area (Å²) < 4.78 is 3.13. The molecule has 0 bridgehead atoms. The molecular weight excluding hydrogens is 382 g/mol. The fourth-order valence-electron chi connectivity index (χ4n) is 3.38. The monoisotopic (exact) mass is 407 g/mol. The van der Waals surface area contributed by atoms with E-state index in [9.17, 15) is 14.7 Å². The standard InChI is InChI=1S/C22H25N5O3/c1-3-10-23-22(30)27-19(14-6-7-14)13-17(25-27)16-9-8-15(12-20(16)28)24-21(29)18-5-4-11-26(18)2/h4-5,8-9,11-14,28H,3,6-7,10H2,1-2H3,(H,23,30)(H,24,29). The third-order valence-corrected chi connectivity index (χ3v) is 5.16. The molecule has 0 aliphatic heterocycles. The Balaban J connectivity index is 1.58. The number of aromatic nitrogens is 3. The quantitative estimate of drug-likeness (QED) is 0.580. The minimum Gasteiger partial charge on any atom is -0.507 e. The Morgan fingerprint density at radius 2 is 2.03 bits per heavy atom. The van der Waals surface area contributed by atoms with Crippen molar-refractivity contribution in [3.05, 3.63) is 54.0 Å². The van der Waals surface area contributed by atoms with Gasteiger partial charge in [0.1, 0.15) is 11.4 Å². The molecule has 156 valence electrons. The maximum Gasteiger partial charge on any atom is 0.342 e. The second-order valence-electron chi connectivity index (χ2n) is 7.56. The van der Waals surface area contributed by atoms with Crippen LogP contribution in [-0.4, -0.2) is 37.9 Å². The lowest BCUT2D eigenvalue weighted by Gasteiger charge is -2.08. The van der Waals surface area contributed by atoms with Crippen molar-refractivity contribution in [2.24, 2.45) is 7.05 Å². The van der Waals surface area contributed by atoms with Crippen molar-refractivity contribution < 1.29 is 14.7 Å². The summed E-state index contributed by atoms with van der Waals surface area (Å²) in [6.07, 6.45) is 4.69. The van der Waals surface area contributed by atoms with Crippen LogP contribution in [0.4, 0.5) is 10.5 Å².